The van der Waals surface area contributed by atoms with Crippen molar-refractivity contribution >= 4 is 5.78 Å². The second-order valence-corrected chi connectivity index (χ2v) is 4.03. The Labute approximate surface area is 108 Å². The van der Waals surface area contributed by atoms with Gasteiger partial charge < -0.3 is 4.74 Å². The standard InChI is InChI=1S/C13H11FN4O/c1-9(19-12-5-3-2-4-10(12)14)11-6-7-15-13-16-8-17-18(11)13/h2-9H,1H3/t9-/m0/s1. The average molecular weight is 258 g/mol. The smallest absolute Gasteiger partial charge is 0.252 e. The van der Waals surface area contributed by atoms with Crippen LogP contribution in [0.2, 0.25) is 0 Å². The first-order chi connectivity index (χ1) is 9.25. The van der Waals surface area contributed by atoms with Crippen LogP contribution in [0.1, 0.15) is 18.7 Å². The third kappa shape index (κ3) is 2.12. The van der Waals surface area contributed by atoms with Crippen molar-refractivity contribution in [2.45, 2.75) is 13.0 Å². The Morgan fingerprint density at radius 2 is 2.05 bits per heavy atom. The Morgan fingerprint density at radius 1 is 1.21 bits per heavy atom. The lowest BCUT2D eigenvalue weighted by atomic mass is 10.2. The second kappa shape index (κ2) is 4.64. The maximum Gasteiger partial charge on any atom is 0.252 e. The third-order valence-corrected chi connectivity index (χ3v) is 2.77. The number of fused-ring (bicyclic) bond motifs is 1. The molecule has 3 aromatic rings. The van der Waals surface area contributed by atoms with E-state index in [0.717, 1.165) is 5.69 Å². The molecule has 0 aliphatic carbocycles. The summed E-state index contributed by atoms with van der Waals surface area (Å²) in [7, 11) is 0. The molecule has 0 unspecified atom stereocenters. The van der Waals surface area contributed by atoms with Crippen molar-refractivity contribution in [3.05, 3.63) is 54.4 Å². The number of ether oxygens (including phenoxy) is 1. The van der Waals surface area contributed by atoms with Crippen LogP contribution in [-0.2, 0) is 0 Å². The van der Waals surface area contributed by atoms with Crippen molar-refractivity contribution in [2.75, 3.05) is 0 Å². The monoisotopic (exact) mass is 258 g/mol. The maximum absolute atomic E-state index is 13.5. The summed E-state index contributed by atoms with van der Waals surface area (Å²) >= 11 is 0. The van der Waals surface area contributed by atoms with E-state index in [1.165, 1.54) is 12.4 Å². The molecule has 0 aliphatic rings. The minimum atomic E-state index is -0.391. The molecule has 1 aromatic carbocycles. The fourth-order valence-corrected chi connectivity index (χ4v) is 1.86. The van der Waals surface area contributed by atoms with Crippen LogP contribution >= 0.6 is 0 Å². The topological polar surface area (TPSA) is 52.3 Å². The van der Waals surface area contributed by atoms with Crippen LogP contribution in [0.15, 0.2) is 42.9 Å². The summed E-state index contributed by atoms with van der Waals surface area (Å²) in [6, 6.07) is 8.07. The zero-order valence-corrected chi connectivity index (χ0v) is 10.2. The van der Waals surface area contributed by atoms with Gasteiger partial charge in [0.05, 0.1) is 5.69 Å². The van der Waals surface area contributed by atoms with E-state index in [-0.39, 0.29) is 11.9 Å². The molecule has 1 atom stereocenters. The van der Waals surface area contributed by atoms with Gasteiger partial charge in [0.25, 0.3) is 5.78 Å². The van der Waals surface area contributed by atoms with Crippen LogP contribution in [0.25, 0.3) is 5.78 Å². The molecule has 2 aromatic heterocycles. The van der Waals surface area contributed by atoms with E-state index in [1.54, 1.807) is 35.0 Å². The van der Waals surface area contributed by atoms with Gasteiger partial charge in [0, 0.05) is 6.20 Å². The van der Waals surface area contributed by atoms with Crippen molar-refractivity contribution in [1.82, 2.24) is 19.6 Å². The Balaban J connectivity index is 1.94. The van der Waals surface area contributed by atoms with E-state index in [9.17, 15) is 4.39 Å². The van der Waals surface area contributed by atoms with Crippen LogP contribution in [0.4, 0.5) is 4.39 Å². The molecule has 5 nitrogen and oxygen atoms in total. The minimum Gasteiger partial charge on any atom is -0.481 e. The number of aromatic nitrogens is 4. The summed E-state index contributed by atoms with van der Waals surface area (Å²) in [5, 5.41) is 4.07. The van der Waals surface area contributed by atoms with E-state index < -0.39 is 5.82 Å². The van der Waals surface area contributed by atoms with Gasteiger partial charge in [0.2, 0.25) is 0 Å². The Kier molecular flexibility index (Phi) is 2.83. The molecule has 0 saturated heterocycles. The molecule has 0 saturated carbocycles. The number of hydrogen-bond acceptors (Lipinski definition) is 4. The SMILES string of the molecule is C[C@H](Oc1ccccc1F)c1ccnc2ncnn12. The van der Waals surface area contributed by atoms with E-state index in [4.69, 9.17) is 4.74 Å². The van der Waals surface area contributed by atoms with Gasteiger partial charge in [-0.15, -0.1) is 0 Å². The molecule has 0 bridgehead atoms. The number of halogens is 1. The molecule has 0 fully saturated rings. The van der Waals surface area contributed by atoms with E-state index in [1.807, 2.05) is 6.92 Å². The van der Waals surface area contributed by atoms with Crippen LogP contribution in [0.3, 0.4) is 0 Å². The van der Waals surface area contributed by atoms with Crippen molar-refractivity contribution in [3.63, 3.8) is 0 Å². The zero-order valence-electron chi connectivity index (χ0n) is 10.2. The summed E-state index contributed by atoms with van der Waals surface area (Å²) in [4.78, 5) is 8.07. The number of benzene rings is 1. The Hall–Kier alpha value is -2.50. The van der Waals surface area contributed by atoms with Gasteiger partial charge in [-0.25, -0.2) is 9.37 Å². The number of hydrogen-bond donors (Lipinski definition) is 0. The summed E-state index contributed by atoms with van der Waals surface area (Å²) in [6.07, 6.45) is 2.67. The lowest BCUT2D eigenvalue weighted by Gasteiger charge is -2.15. The van der Waals surface area contributed by atoms with Crippen molar-refractivity contribution in [1.29, 1.82) is 0 Å². The van der Waals surface area contributed by atoms with E-state index in [0.29, 0.717) is 5.78 Å². The van der Waals surface area contributed by atoms with Crippen LogP contribution < -0.4 is 4.74 Å². The minimum absolute atomic E-state index is 0.208. The Morgan fingerprint density at radius 3 is 2.89 bits per heavy atom. The largest absolute Gasteiger partial charge is 0.481 e. The molecular weight excluding hydrogens is 247 g/mol. The molecule has 0 aliphatic heterocycles. The van der Waals surface area contributed by atoms with Gasteiger partial charge in [-0.05, 0) is 25.1 Å². The summed E-state index contributed by atoms with van der Waals surface area (Å²) in [6.45, 7) is 1.82. The highest BCUT2D eigenvalue weighted by Crippen LogP contribution is 2.23. The molecule has 19 heavy (non-hydrogen) atoms. The molecule has 0 N–H and O–H groups in total. The molecular formula is C13H11FN4O. The number of para-hydroxylation sites is 1. The first kappa shape index (κ1) is 11.6. The quantitative estimate of drug-likeness (QED) is 0.724. The highest BCUT2D eigenvalue weighted by Gasteiger charge is 2.14. The summed E-state index contributed by atoms with van der Waals surface area (Å²) in [5.74, 6) is 0.305. The van der Waals surface area contributed by atoms with Gasteiger partial charge in [-0.1, -0.05) is 12.1 Å². The Bertz CT molecular complexity index is 712. The summed E-state index contributed by atoms with van der Waals surface area (Å²) < 4.78 is 20.7. The molecule has 96 valence electrons. The molecule has 3 rings (SSSR count). The first-order valence-electron chi connectivity index (χ1n) is 5.81. The first-order valence-corrected chi connectivity index (χ1v) is 5.81. The van der Waals surface area contributed by atoms with Crippen molar-refractivity contribution in [3.8, 4) is 5.75 Å². The molecule has 2 heterocycles. The second-order valence-electron chi connectivity index (χ2n) is 4.03. The van der Waals surface area contributed by atoms with E-state index >= 15 is 0 Å². The van der Waals surface area contributed by atoms with Gasteiger partial charge in [0.15, 0.2) is 11.6 Å². The van der Waals surface area contributed by atoms with Crippen molar-refractivity contribution in [2.24, 2.45) is 0 Å². The van der Waals surface area contributed by atoms with Gasteiger partial charge in [0.1, 0.15) is 12.4 Å². The third-order valence-electron chi connectivity index (χ3n) is 2.77. The van der Waals surface area contributed by atoms with E-state index in [2.05, 4.69) is 15.1 Å². The van der Waals surface area contributed by atoms with Crippen molar-refractivity contribution < 1.29 is 9.13 Å². The van der Waals surface area contributed by atoms with Gasteiger partial charge in [-0.2, -0.15) is 14.6 Å². The predicted octanol–water partition coefficient (Wildman–Crippen LogP) is 2.40. The van der Waals surface area contributed by atoms with Gasteiger partial charge >= 0.3 is 0 Å². The predicted molar refractivity (Wildman–Crippen MR) is 66.2 cm³/mol. The highest BCUT2D eigenvalue weighted by molar-refractivity contribution is 5.29. The highest BCUT2D eigenvalue weighted by atomic mass is 19.1. The lowest BCUT2D eigenvalue weighted by Crippen LogP contribution is -2.10. The fourth-order valence-electron chi connectivity index (χ4n) is 1.86. The lowest BCUT2D eigenvalue weighted by molar-refractivity contribution is 0.209. The normalized spacial score (nSPS) is 12.5. The number of nitrogens with zero attached hydrogens (tertiary/aromatic N) is 4. The van der Waals surface area contributed by atoms with Gasteiger partial charge in [-0.3, -0.25) is 0 Å². The zero-order chi connectivity index (χ0) is 13.2. The van der Waals surface area contributed by atoms with Crippen LogP contribution in [0.5, 0.6) is 5.75 Å². The average Bonchev–Trinajstić information content (AvgIpc) is 2.89. The molecule has 0 spiro atoms. The maximum atomic E-state index is 13.5. The van der Waals surface area contributed by atoms with Crippen LogP contribution in [-0.4, -0.2) is 19.6 Å². The number of rotatable bonds is 3. The van der Waals surface area contributed by atoms with Crippen LogP contribution in [0, 0.1) is 5.82 Å². The molecule has 0 amide bonds. The molecule has 6 heteroatoms. The fraction of sp³-hybridized carbons (Fsp3) is 0.154. The summed E-state index contributed by atoms with van der Waals surface area (Å²) in [5.41, 5.74) is 0.755. The molecule has 0 radical (unpaired) electrons.